The van der Waals surface area contributed by atoms with Crippen molar-refractivity contribution in [1.82, 2.24) is 0 Å². The third-order valence-electron chi connectivity index (χ3n) is 5.54. The number of hydrogen-bond donors (Lipinski definition) is 0. The summed E-state index contributed by atoms with van der Waals surface area (Å²) in [7, 11) is 0. The Morgan fingerprint density at radius 1 is 0.688 bits per heavy atom. The van der Waals surface area contributed by atoms with Crippen molar-refractivity contribution < 1.29 is 9.66 Å². The maximum atomic E-state index is 11.6. The Bertz CT molecular complexity index is 1150. The molecule has 0 radical (unpaired) electrons. The number of rotatable bonds is 9. The molecule has 1 atom stereocenters. The topological polar surface area (TPSA) is 52.4 Å². The highest BCUT2D eigenvalue weighted by Gasteiger charge is 2.19. The Morgan fingerprint density at radius 3 is 1.88 bits per heavy atom. The van der Waals surface area contributed by atoms with Gasteiger partial charge in [0.15, 0.2) is 5.75 Å². The number of nitro benzene ring substituents is 1. The van der Waals surface area contributed by atoms with Crippen molar-refractivity contribution in [3.05, 3.63) is 142 Å². The molecule has 0 aromatic heterocycles. The minimum Gasteiger partial charge on any atom is -0.482 e. The van der Waals surface area contributed by atoms with Crippen molar-refractivity contribution in [3.63, 3.8) is 0 Å². The van der Waals surface area contributed by atoms with E-state index in [-0.39, 0.29) is 23.1 Å². The number of nitrogens with zero attached hydrogens (tertiary/aromatic N) is 1. The minimum atomic E-state index is -0.386. The maximum absolute atomic E-state index is 11.6. The van der Waals surface area contributed by atoms with Crippen molar-refractivity contribution in [2.24, 2.45) is 0 Å². The van der Waals surface area contributed by atoms with Crippen LogP contribution in [0.5, 0.6) is 5.75 Å². The van der Waals surface area contributed by atoms with Crippen LogP contribution in [0.25, 0.3) is 0 Å². The van der Waals surface area contributed by atoms with Crippen LogP contribution in [0.3, 0.4) is 0 Å². The van der Waals surface area contributed by atoms with Gasteiger partial charge in [-0.05, 0) is 47.1 Å². The molecular formula is C28H25NO3. The second kappa shape index (κ2) is 10.4. The van der Waals surface area contributed by atoms with Gasteiger partial charge in [0, 0.05) is 6.07 Å². The predicted octanol–water partition coefficient (Wildman–Crippen LogP) is 6.74. The van der Waals surface area contributed by atoms with Gasteiger partial charge in [-0.3, -0.25) is 10.1 Å². The molecular weight excluding hydrogens is 398 g/mol. The van der Waals surface area contributed by atoms with Gasteiger partial charge in [0.1, 0.15) is 6.61 Å². The Labute approximate surface area is 188 Å². The molecule has 0 aliphatic carbocycles. The zero-order chi connectivity index (χ0) is 22.2. The highest BCUT2D eigenvalue weighted by Crippen LogP contribution is 2.32. The summed E-state index contributed by atoms with van der Waals surface area (Å²) in [6.45, 7) is 0.289. The maximum Gasteiger partial charge on any atom is 0.310 e. The summed E-state index contributed by atoms with van der Waals surface area (Å²) in [5.41, 5.74) is 4.50. The summed E-state index contributed by atoms with van der Waals surface area (Å²) in [4.78, 5) is 11.2. The smallest absolute Gasteiger partial charge is 0.310 e. The van der Waals surface area contributed by atoms with Crippen molar-refractivity contribution in [3.8, 4) is 5.75 Å². The molecule has 160 valence electrons. The lowest BCUT2D eigenvalue weighted by Gasteiger charge is -2.18. The van der Waals surface area contributed by atoms with Gasteiger partial charge in [0.05, 0.1) is 4.92 Å². The molecule has 0 aliphatic heterocycles. The number of nitro groups is 1. The molecule has 32 heavy (non-hydrogen) atoms. The zero-order valence-corrected chi connectivity index (χ0v) is 17.8. The Kier molecular flexibility index (Phi) is 6.93. The summed E-state index contributed by atoms with van der Waals surface area (Å²) in [5.74, 6) is 0.560. The fourth-order valence-electron chi connectivity index (χ4n) is 3.90. The van der Waals surface area contributed by atoms with Crippen LogP contribution in [-0.4, -0.2) is 4.92 Å². The van der Waals surface area contributed by atoms with E-state index >= 15 is 0 Å². The summed E-state index contributed by atoms with van der Waals surface area (Å²) < 4.78 is 5.89. The van der Waals surface area contributed by atoms with Gasteiger partial charge in [-0.25, -0.2) is 0 Å². The first-order valence-corrected chi connectivity index (χ1v) is 10.7. The Balaban J connectivity index is 1.59. The van der Waals surface area contributed by atoms with E-state index in [4.69, 9.17) is 4.74 Å². The molecule has 0 bridgehead atoms. The molecule has 0 fully saturated rings. The van der Waals surface area contributed by atoms with Crippen molar-refractivity contribution in [2.75, 3.05) is 0 Å². The number of ether oxygens (including phenoxy) is 1. The predicted molar refractivity (Wildman–Crippen MR) is 127 cm³/mol. The highest BCUT2D eigenvalue weighted by molar-refractivity contribution is 5.49. The van der Waals surface area contributed by atoms with E-state index in [1.807, 2.05) is 54.6 Å². The first-order valence-electron chi connectivity index (χ1n) is 10.7. The van der Waals surface area contributed by atoms with Crippen LogP contribution in [-0.2, 0) is 19.4 Å². The van der Waals surface area contributed by atoms with Crippen LogP contribution < -0.4 is 4.74 Å². The van der Waals surface area contributed by atoms with Crippen molar-refractivity contribution >= 4 is 5.69 Å². The van der Waals surface area contributed by atoms with Gasteiger partial charge in [0.2, 0.25) is 0 Å². The van der Waals surface area contributed by atoms with Gasteiger partial charge in [0.25, 0.3) is 0 Å². The minimum absolute atomic E-state index is 0.0102. The van der Waals surface area contributed by atoms with Gasteiger partial charge < -0.3 is 4.74 Å². The van der Waals surface area contributed by atoms with Crippen LogP contribution in [0.15, 0.2) is 109 Å². The molecule has 0 amide bonds. The normalized spacial score (nSPS) is 11.6. The van der Waals surface area contributed by atoms with E-state index in [1.54, 1.807) is 6.07 Å². The molecule has 0 N–H and O–H groups in total. The van der Waals surface area contributed by atoms with Crippen molar-refractivity contribution in [1.29, 1.82) is 0 Å². The molecule has 0 aliphatic rings. The van der Waals surface area contributed by atoms with E-state index in [2.05, 4.69) is 48.5 Å². The van der Waals surface area contributed by atoms with Gasteiger partial charge >= 0.3 is 5.69 Å². The fraction of sp³-hybridized carbons (Fsp3) is 0.143. The lowest BCUT2D eigenvalue weighted by Crippen LogP contribution is -2.08. The number of benzene rings is 4. The van der Waals surface area contributed by atoms with E-state index < -0.39 is 0 Å². The van der Waals surface area contributed by atoms with Crippen molar-refractivity contribution in [2.45, 2.75) is 25.4 Å². The molecule has 0 saturated heterocycles. The second-order valence-corrected chi connectivity index (χ2v) is 7.83. The molecule has 4 heteroatoms. The summed E-state index contributed by atoms with van der Waals surface area (Å²) in [6.07, 6.45) is 1.65. The van der Waals surface area contributed by atoms with E-state index in [0.717, 1.165) is 24.0 Å². The summed E-state index contributed by atoms with van der Waals surface area (Å²) in [5, 5.41) is 11.6. The summed E-state index contributed by atoms with van der Waals surface area (Å²) in [6, 6.07) is 35.7. The van der Waals surface area contributed by atoms with Crippen LogP contribution >= 0.6 is 0 Å². The molecule has 0 heterocycles. The average Bonchev–Trinajstić information content (AvgIpc) is 2.84. The van der Waals surface area contributed by atoms with Gasteiger partial charge in [-0.2, -0.15) is 0 Å². The van der Waals surface area contributed by atoms with Crippen LogP contribution in [0.4, 0.5) is 5.69 Å². The third-order valence-corrected chi connectivity index (χ3v) is 5.54. The molecule has 4 nitrogen and oxygen atoms in total. The third kappa shape index (κ3) is 5.61. The van der Waals surface area contributed by atoms with Crippen LogP contribution in [0.1, 0.15) is 28.2 Å². The van der Waals surface area contributed by atoms with Crippen LogP contribution in [0.2, 0.25) is 0 Å². The van der Waals surface area contributed by atoms with Gasteiger partial charge in [-0.1, -0.05) is 97.1 Å². The first kappa shape index (κ1) is 21.3. The van der Waals surface area contributed by atoms with Gasteiger partial charge in [-0.15, -0.1) is 0 Å². The highest BCUT2D eigenvalue weighted by atomic mass is 16.6. The first-order chi connectivity index (χ1) is 15.7. The van der Waals surface area contributed by atoms with E-state index in [0.29, 0.717) is 5.75 Å². The standard InChI is InChI=1S/C28H25NO3/c30-29(31)27-17-16-24(20-28(27)32-21-23-12-6-2-7-13-23)19-26(25-14-8-3-9-15-25)18-22-10-4-1-5-11-22/h1-17,20,26H,18-19,21H2. The lowest BCUT2D eigenvalue weighted by atomic mass is 9.86. The largest absolute Gasteiger partial charge is 0.482 e. The molecule has 1 unspecified atom stereocenters. The molecule has 0 spiro atoms. The fourth-order valence-corrected chi connectivity index (χ4v) is 3.90. The summed E-state index contributed by atoms with van der Waals surface area (Å²) >= 11 is 0. The SMILES string of the molecule is O=[N+]([O-])c1ccc(CC(Cc2ccccc2)c2ccccc2)cc1OCc1ccccc1. The Hall–Kier alpha value is -3.92. The quantitative estimate of drug-likeness (QED) is 0.221. The molecule has 4 aromatic rings. The average molecular weight is 424 g/mol. The molecule has 4 aromatic carbocycles. The lowest BCUT2D eigenvalue weighted by molar-refractivity contribution is -0.386. The monoisotopic (exact) mass is 423 g/mol. The van der Waals surface area contributed by atoms with E-state index in [9.17, 15) is 10.1 Å². The number of hydrogen-bond acceptors (Lipinski definition) is 3. The Morgan fingerprint density at radius 2 is 1.25 bits per heavy atom. The zero-order valence-electron chi connectivity index (χ0n) is 17.8. The van der Waals surface area contributed by atoms with Crippen LogP contribution in [0, 0.1) is 10.1 Å². The molecule has 0 saturated carbocycles. The molecule has 4 rings (SSSR count). The second-order valence-electron chi connectivity index (χ2n) is 7.83. The van der Waals surface area contributed by atoms with E-state index in [1.165, 1.54) is 11.1 Å².